The average molecular weight is 264 g/mol. The molecule has 3 N–H and O–H groups in total. The maximum Gasteiger partial charge on any atom is 0.0607 e. The van der Waals surface area contributed by atoms with E-state index in [0.717, 1.165) is 32.5 Å². The van der Waals surface area contributed by atoms with E-state index in [1.165, 1.54) is 5.56 Å². The van der Waals surface area contributed by atoms with Crippen molar-refractivity contribution in [2.24, 2.45) is 0 Å². The van der Waals surface area contributed by atoms with Crippen molar-refractivity contribution in [2.75, 3.05) is 26.3 Å². The molecule has 0 bridgehead atoms. The van der Waals surface area contributed by atoms with Gasteiger partial charge in [0.2, 0.25) is 0 Å². The van der Waals surface area contributed by atoms with Crippen LogP contribution in [0.25, 0.3) is 0 Å². The fourth-order valence-corrected chi connectivity index (χ4v) is 2.67. The first-order valence-corrected chi connectivity index (χ1v) is 7.06. The number of piperidine rings is 1. The maximum absolute atomic E-state index is 9.12. The monoisotopic (exact) mass is 264 g/mol. The first-order chi connectivity index (χ1) is 9.31. The number of hydrogen-bond acceptors (Lipinski definition) is 4. The van der Waals surface area contributed by atoms with Crippen LogP contribution in [0.5, 0.6) is 0 Å². The van der Waals surface area contributed by atoms with E-state index in [4.69, 9.17) is 10.2 Å². The van der Waals surface area contributed by atoms with Crippen LogP contribution in [0.15, 0.2) is 30.3 Å². The van der Waals surface area contributed by atoms with Crippen LogP contribution in [0.4, 0.5) is 0 Å². The lowest BCUT2D eigenvalue weighted by molar-refractivity contribution is 0.129. The Morgan fingerprint density at radius 2 is 1.95 bits per heavy atom. The summed E-state index contributed by atoms with van der Waals surface area (Å²) in [5.74, 6) is 0. The minimum absolute atomic E-state index is 0.00825. The summed E-state index contributed by atoms with van der Waals surface area (Å²) in [5, 5.41) is 21.6. The van der Waals surface area contributed by atoms with Gasteiger partial charge < -0.3 is 15.5 Å². The quantitative estimate of drug-likeness (QED) is 0.704. The van der Waals surface area contributed by atoms with Crippen LogP contribution < -0.4 is 5.32 Å². The fourth-order valence-electron chi connectivity index (χ4n) is 2.67. The van der Waals surface area contributed by atoms with Crippen LogP contribution in [0.2, 0.25) is 0 Å². The van der Waals surface area contributed by atoms with Crippen molar-refractivity contribution >= 4 is 0 Å². The number of aliphatic hydroxyl groups excluding tert-OH is 2. The van der Waals surface area contributed by atoms with Crippen molar-refractivity contribution in [3.63, 3.8) is 0 Å². The van der Waals surface area contributed by atoms with E-state index in [-0.39, 0.29) is 19.3 Å². The molecule has 1 saturated heterocycles. The summed E-state index contributed by atoms with van der Waals surface area (Å²) in [6.07, 6.45) is 2.27. The van der Waals surface area contributed by atoms with Gasteiger partial charge in [-0.15, -0.1) is 0 Å². The maximum atomic E-state index is 9.12. The predicted molar refractivity (Wildman–Crippen MR) is 75.8 cm³/mol. The lowest BCUT2D eigenvalue weighted by atomic mass is 10.0. The lowest BCUT2D eigenvalue weighted by Crippen LogP contribution is -2.50. The van der Waals surface area contributed by atoms with Crippen molar-refractivity contribution in [1.29, 1.82) is 0 Å². The average Bonchev–Trinajstić information content (AvgIpc) is 2.46. The summed E-state index contributed by atoms with van der Waals surface area (Å²) in [7, 11) is 0. The Morgan fingerprint density at radius 3 is 2.63 bits per heavy atom. The highest BCUT2D eigenvalue weighted by Gasteiger charge is 2.21. The summed E-state index contributed by atoms with van der Waals surface area (Å²) in [6.45, 7) is 3.06. The molecule has 1 aromatic carbocycles. The molecule has 1 atom stereocenters. The van der Waals surface area contributed by atoms with Gasteiger partial charge in [-0.3, -0.25) is 4.90 Å². The van der Waals surface area contributed by atoms with E-state index in [9.17, 15) is 0 Å². The standard InChI is InChI=1S/C15H24N2O2/c18-11-15(12-19)16-14-7-4-8-17(10-14)9-13-5-2-1-3-6-13/h1-3,5-6,14-16,18-19H,4,7-12H2. The number of nitrogens with one attached hydrogen (secondary N) is 1. The van der Waals surface area contributed by atoms with Crippen LogP contribution in [-0.2, 0) is 6.54 Å². The third-order valence-electron chi connectivity index (χ3n) is 3.67. The Morgan fingerprint density at radius 1 is 1.21 bits per heavy atom. The molecule has 0 aliphatic carbocycles. The third kappa shape index (κ3) is 4.58. The van der Waals surface area contributed by atoms with Crippen molar-refractivity contribution in [2.45, 2.75) is 31.5 Å². The SMILES string of the molecule is OCC(CO)NC1CCCN(Cc2ccccc2)C1. The summed E-state index contributed by atoms with van der Waals surface area (Å²) in [6, 6.07) is 10.7. The van der Waals surface area contributed by atoms with E-state index in [1.807, 2.05) is 6.07 Å². The van der Waals surface area contributed by atoms with E-state index >= 15 is 0 Å². The molecule has 1 unspecified atom stereocenters. The van der Waals surface area contributed by atoms with Gasteiger partial charge in [-0.2, -0.15) is 0 Å². The van der Waals surface area contributed by atoms with Crippen molar-refractivity contribution in [3.8, 4) is 0 Å². The Balaban J connectivity index is 1.83. The van der Waals surface area contributed by atoms with Crippen molar-refractivity contribution in [1.82, 2.24) is 10.2 Å². The van der Waals surface area contributed by atoms with Gasteiger partial charge in [0.1, 0.15) is 0 Å². The number of rotatable bonds is 6. The number of benzene rings is 1. The van der Waals surface area contributed by atoms with Gasteiger partial charge in [-0.25, -0.2) is 0 Å². The van der Waals surface area contributed by atoms with Gasteiger partial charge >= 0.3 is 0 Å². The predicted octanol–water partition coefficient (Wildman–Crippen LogP) is 0.594. The van der Waals surface area contributed by atoms with E-state index < -0.39 is 0 Å². The van der Waals surface area contributed by atoms with Crippen molar-refractivity contribution in [3.05, 3.63) is 35.9 Å². The summed E-state index contributed by atoms with van der Waals surface area (Å²) in [4.78, 5) is 2.43. The van der Waals surface area contributed by atoms with Crippen LogP contribution in [0.3, 0.4) is 0 Å². The van der Waals surface area contributed by atoms with Gasteiger partial charge in [0.05, 0.1) is 19.3 Å². The molecule has 1 aliphatic heterocycles. The van der Waals surface area contributed by atoms with E-state index in [2.05, 4.69) is 34.5 Å². The molecule has 4 heteroatoms. The second kappa shape index (κ2) is 7.60. The third-order valence-corrected chi connectivity index (χ3v) is 3.67. The second-order valence-electron chi connectivity index (χ2n) is 5.29. The van der Waals surface area contributed by atoms with Crippen LogP contribution in [-0.4, -0.2) is 53.5 Å². The minimum atomic E-state index is -0.193. The second-order valence-corrected chi connectivity index (χ2v) is 5.29. The number of hydrogen-bond donors (Lipinski definition) is 3. The van der Waals surface area contributed by atoms with Gasteiger partial charge in [-0.05, 0) is 24.9 Å². The Labute approximate surface area is 115 Å². The summed E-state index contributed by atoms with van der Waals surface area (Å²) in [5.41, 5.74) is 1.34. The molecule has 0 radical (unpaired) electrons. The molecule has 2 rings (SSSR count). The summed E-state index contributed by atoms with van der Waals surface area (Å²) < 4.78 is 0. The minimum Gasteiger partial charge on any atom is -0.395 e. The molecule has 0 spiro atoms. The molecule has 1 aromatic rings. The molecular formula is C15H24N2O2. The van der Waals surface area contributed by atoms with Gasteiger partial charge in [0, 0.05) is 19.1 Å². The molecular weight excluding hydrogens is 240 g/mol. The fraction of sp³-hybridized carbons (Fsp3) is 0.600. The van der Waals surface area contributed by atoms with Gasteiger partial charge in [0.25, 0.3) is 0 Å². The molecule has 1 heterocycles. The summed E-state index contributed by atoms with van der Waals surface area (Å²) >= 11 is 0. The van der Waals surface area contributed by atoms with E-state index in [0.29, 0.717) is 6.04 Å². The lowest BCUT2D eigenvalue weighted by Gasteiger charge is -2.34. The molecule has 4 nitrogen and oxygen atoms in total. The number of nitrogens with zero attached hydrogens (tertiary/aromatic N) is 1. The number of likely N-dealkylation sites (tertiary alicyclic amines) is 1. The zero-order chi connectivity index (χ0) is 13.5. The molecule has 1 fully saturated rings. The van der Waals surface area contributed by atoms with E-state index in [1.54, 1.807) is 0 Å². The molecule has 19 heavy (non-hydrogen) atoms. The molecule has 0 aromatic heterocycles. The highest BCUT2D eigenvalue weighted by atomic mass is 16.3. The largest absolute Gasteiger partial charge is 0.395 e. The number of aliphatic hydroxyl groups is 2. The molecule has 0 saturated carbocycles. The van der Waals surface area contributed by atoms with Gasteiger partial charge in [-0.1, -0.05) is 30.3 Å². The normalized spacial score (nSPS) is 20.9. The first-order valence-electron chi connectivity index (χ1n) is 7.06. The molecule has 0 amide bonds. The Bertz CT molecular complexity index is 354. The zero-order valence-corrected chi connectivity index (χ0v) is 11.3. The Kier molecular flexibility index (Phi) is 5.79. The first kappa shape index (κ1) is 14.5. The van der Waals surface area contributed by atoms with Crippen molar-refractivity contribution < 1.29 is 10.2 Å². The zero-order valence-electron chi connectivity index (χ0n) is 11.3. The highest BCUT2D eigenvalue weighted by Crippen LogP contribution is 2.14. The van der Waals surface area contributed by atoms with Gasteiger partial charge in [0.15, 0.2) is 0 Å². The van der Waals surface area contributed by atoms with Crippen LogP contribution in [0, 0.1) is 0 Å². The Hall–Kier alpha value is -0.940. The van der Waals surface area contributed by atoms with Crippen LogP contribution >= 0.6 is 0 Å². The smallest absolute Gasteiger partial charge is 0.0607 e. The highest BCUT2D eigenvalue weighted by molar-refractivity contribution is 5.14. The molecule has 106 valence electrons. The molecule has 1 aliphatic rings. The van der Waals surface area contributed by atoms with Crippen LogP contribution in [0.1, 0.15) is 18.4 Å². The topological polar surface area (TPSA) is 55.7 Å².